The lowest BCUT2D eigenvalue weighted by Crippen LogP contribution is -2.32. The zero-order valence-electron chi connectivity index (χ0n) is 12.6. The number of ether oxygens (including phenoxy) is 1. The number of hydrogen-bond donors (Lipinski definition) is 1. The summed E-state index contributed by atoms with van der Waals surface area (Å²) in [6.45, 7) is 5.01. The molecular weight excluding hydrogens is 262 g/mol. The Morgan fingerprint density at radius 3 is 3.05 bits per heavy atom. The van der Waals surface area contributed by atoms with Gasteiger partial charge >= 0.3 is 0 Å². The molecule has 1 aromatic carbocycles. The van der Waals surface area contributed by atoms with Crippen molar-refractivity contribution in [1.29, 1.82) is 0 Å². The number of fused-ring (bicyclic) bond motifs is 1. The lowest BCUT2D eigenvalue weighted by molar-refractivity contribution is 0.132. The molecule has 112 valence electrons. The van der Waals surface area contributed by atoms with Gasteiger partial charge in [-0.2, -0.15) is 5.10 Å². The minimum atomic E-state index is 0.275. The fourth-order valence-corrected chi connectivity index (χ4v) is 2.88. The molecule has 1 atom stereocenters. The Morgan fingerprint density at radius 2 is 2.24 bits per heavy atom. The van der Waals surface area contributed by atoms with Gasteiger partial charge in [-0.3, -0.25) is 10.00 Å². The highest BCUT2D eigenvalue weighted by molar-refractivity contribution is 5.34. The predicted molar refractivity (Wildman–Crippen MR) is 83.1 cm³/mol. The van der Waals surface area contributed by atoms with Crippen LogP contribution in [-0.4, -0.2) is 27.7 Å². The first-order valence-electron chi connectivity index (χ1n) is 7.80. The van der Waals surface area contributed by atoms with Gasteiger partial charge in [0.2, 0.25) is 0 Å². The van der Waals surface area contributed by atoms with Gasteiger partial charge < -0.3 is 4.74 Å². The highest BCUT2D eigenvalue weighted by Crippen LogP contribution is 2.27. The Hall–Kier alpha value is -1.81. The fraction of sp³-hybridized carbons (Fsp3) is 0.471. The number of para-hydroxylation sites is 1. The van der Waals surface area contributed by atoms with E-state index in [0.717, 1.165) is 37.5 Å². The van der Waals surface area contributed by atoms with Gasteiger partial charge in [0.25, 0.3) is 0 Å². The van der Waals surface area contributed by atoms with E-state index in [-0.39, 0.29) is 6.10 Å². The Kier molecular flexibility index (Phi) is 4.55. The zero-order valence-corrected chi connectivity index (χ0v) is 12.6. The molecule has 0 fully saturated rings. The van der Waals surface area contributed by atoms with Gasteiger partial charge in [-0.25, -0.2) is 0 Å². The van der Waals surface area contributed by atoms with Gasteiger partial charge in [-0.15, -0.1) is 0 Å². The highest BCUT2D eigenvalue weighted by atomic mass is 16.5. The van der Waals surface area contributed by atoms with Crippen molar-refractivity contribution in [3.63, 3.8) is 0 Å². The molecule has 0 amide bonds. The maximum absolute atomic E-state index is 6.24. The zero-order chi connectivity index (χ0) is 14.5. The van der Waals surface area contributed by atoms with Crippen molar-refractivity contribution < 1.29 is 4.74 Å². The van der Waals surface area contributed by atoms with Crippen LogP contribution in [0.15, 0.2) is 36.5 Å². The highest BCUT2D eigenvalue weighted by Gasteiger charge is 2.22. The first-order valence-corrected chi connectivity index (χ1v) is 7.80. The molecule has 3 rings (SSSR count). The van der Waals surface area contributed by atoms with Crippen molar-refractivity contribution in [2.45, 2.75) is 45.4 Å². The second kappa shape index (κ2) is 6.76. The van der Waals surface area contributed by atoms with Gasteiger partial charge in [0.05, 0.1) is 0 Å². The number of nitrogens with zero attached hydrogens (tertiary/aromatic N) is 2. The molecule has 2 aromatic rings. The van der Waals surface area contributed by atoms with Crippen molar-refractivity contribution in [2.24, 2.45) is 0 Å². The van der Waals surface area contributed by atoms with Crippen LogP contribution in [0.25, 0.3) is 0 Å². The first kappa shape index (κ1) is 14.1. The minimum absolute atomic E-state index is 0.275. The molecule has 1 N–H and O–H groups in total. The van der Waals surface area contributed by atoms with Gasteiger partial charge in [-0.1, -0.05) is 31.5 Å². The van der Waals surface area contributed by atoms with E-state index in [1.165, 1.54) is 18.4 Å². The molecule has 0 spiro atoms. The van der Waals surface area contributed by atoms with Crippen molar-refractivity contribution in [3.8, 4) is 5.75 Å². The average Bonchev–Trinajstić information content (AvgIpc) is 2.92. The van der Waals surface area contributed by atoms with E-state index in [0.29, 0.717) is 0 Å². The molecule has 1 aliphatic heterocycles. The molecule has 0 radical (unpaired) electrons. The second-order valence-electron chi connectivity index (χ2n) is 5.74. The maximum atomic E-state index is 6.24. The van der Waals surface area contributed by atoms with Crippen LogP contribution in [0.4, 0.5) is 0 Å². The van der Waals surface area contributed by atoms with Crippen molar-refractivity contribution in [3.05, 3.63) is 47.8 Å². The molecule has 4 heteroatoms. The Balaban J connectivity index is 1.77. The predicted octanol–water partition coefficient (Wildman–Crippen LogP) is 3.36. The third-order valence-corrected chi connectivity index (χ3v) is 3.95. The Bertz CT molecular complexity index is 553. The van der Waals surface area contributed by atoms with Gasteiger partial charge in [0.15, 0.2) is 0 Å². The average molecular weight is 285 g/mol. The van der Waals surface area contributed by atoms with E-state index >= 15 is 0 Å². The number of nitrogens with one attached hydrogen (secondary N) is 1. The van der Waals surface area contributed by atoms with Crippen LogP contribution in [0.5, 0.6) is 5.75 Å². The van der Waals surface area contributed by atoms with Crippen molar-refractivity contribution >= 4 is 0 Å². The lowest BCUT2D eigenvalue weighted by atomic mass is 10.1. The molecule has 21 heavy (non-hydrogen) atoms. The maximum Gasteiger partial charge on any atom is 0.124 e. The number of aromatic nitrogens is 2. The normalized spacial score (nSPS) is 18.8. The molecule has 2 heterocycles. The number of unbranched alkanes of at least 4 members (excludes halogenated alkanes) is 1. The van der Waals surface area contributed by atoms with Crippen LogP contribution in [-0.2, 0) is 13.1 Å². The number of hydrogen-bond acceptors (Lipinski definition) is 3. The third kappa shape index (κ3) is 3.64. The summed E-state index contributed by atoms with van der Waals surface area (Å²) in [5.41, 5.74) is 2.43. The molecule has 1 aliphatic rings. The standard InChI is InChI=1S/C17H23N3O/c1-2-3-7-16-13-20(12-15-9-10-18-19-15)11-14-6-4-5-8-17(14)21-16/h4-6,8-10,16H,2-3,7,11-13H2,1H3,(H,18,19). The summed E-state index contributed by atoms with van der Waals surface area (Å²) in [6.07, 6.45) is 5.63. The van der Waals surface area contributed by atoms with E-state index in [1.807, 2.05) is 12.3 Å². The number of rotatable bonds is 5. The summed E-state index contributed by atoms with van der Waals surface area (Å²) in [7, 11) is 0. The fourth-order valence-electron chi connectivity index (χ4n) is 2.88. The van der Waals surface area contributed by atoms with Crippen LogP contribution < -0.4 is 4.74 Å². The van der Waals surface area contributed by atoms with Crippen LogP contribution >= 0.6 is 0 Å². The Morgan fingerprint density at radius 1 is 1.33 bits per heavy atom. The van der Waals surface area contributed by atoms with E-state index in [1.54, 1.807) is 0 Å². The number of benzene rings is 1. The topological polar surface area (TPSA) is 41.2 Å². The molecule has 4 nitrogen and oxygen atoms in total. The summed E-state index contributed by atoms with van der Waals surface area (Å²) in [4.78, 5) is 2.44. The van der Waals surface area contributed by atoms with E-state index in [2.05, 4.69) is 46.3 Å². The van der Waals surface area contributed by atoms with Crippen molar-refractivity contribution in [1.82, 2.24) is 15.1 Å². The van der Waals surface area contributed by atoms with Crippen LogP contribution in [0.2, 0.25) is 0 Å². The summed E-state index contributed by atoms with van der Waals surface area (Å²) < 4.78 is 6.24. The van der Waals surface area contributed by atoms with Gasteiger partial charge in [-0.05, 0) is 25.0 Å². The third-order valence-electron chi connectivity index (χ3n) is 3.95. The second-order valence-corrected chi connectivity index (χ2v) is 5.74. The minimum Gasteiger partial charge on any atom is -0.489 e. The number of H-pyrrole nitrogens is 1. The smallest absolute Gasteiger partial charge is 0.124 e. The summed E-state index contributed by atoms with van der Waals surface area (Å²) in [6, 6.07) is 10.4. The molecule has 1 aromatic heterocycles. The SMILES string of the molecule is CCCCC1CN(Cc2ccn[nH]2)Cc2ccccc2O1. The van der Waals surface area contributed by atoms with Crippen molar-refractivity contribution in [2.75, 3.05) is 6.54 Å². The van der Waals surface area contributed by atoms with Crippen LogP contribution in [0, 0.1) is 0 Å². The molecule has 0 saturated carbocycles. The first-order chi connectivity index (χ1) is 10.3. The molecule has 0 aliphatic carbocycles. The molecular formula is C17H23N3O. The van der Waals surface area contributed by atoms with Gasteiger partial charge in [0, 0.05) is 37.1 Å². The summed E-state index contributed by atoms with van der Waals surface area (Å²) in [5, 5.41) is 7.10. The lowest BCUT2D eigenvalue weighted by Gasteiger charge is -2.23. The van der Waals surface area contributed by atoms with E-state index in [4.69, 9.17) is 4.74 Å². The molecule has 1 unspecified atom stereocenters. The summed E-state index contributed by atoms with van der Waals surface area (Å²) in [5.74, 6) is 1.05. The quantitative estimate of drug-likeness (QED) is 0.915. The summed E-state index contributed by atoms with van der Waals surface area (Å²) >= 11 is 0. The molecule has 0 bridgehead atoms. The molecule has 0 saturated heterocycles. The Labute approximate surface area is 126 Å². The van der Waals surface area contributed by atoms with Gasteiger partial charge in [0.1, 0.15) is 11.9 Å². The van der Waals surface area contributed by atoms with Crippen LogP contribution in [0.3, 0.4) is 0 Å². The number of aromatic amines is 1. The largest absolute Gasteiger partial charge is 0.489 e. The monoisotopic (exact) mass is 285 g/mol. The van der Waals surface area contributed by atoms with Crippen LogP contribution in [0.1, 0.15) is 37.4 Å². The van der Waals surface area contributed by atoms with E-state index in [9.17, 15) is 0 Å². The van der Waals surface area contributed by atoms with E-state index < -0.39 is 0 Å².